The van der Waals surface area contributed by atoms with Gasteiger partial charge in [0.05, 0.1) is 23.5 Å². The van der Waals surface area contributed by atoms with E-state index >= 15 is 0 Å². The Hall–Kier alpha value is -1.41. The number of allylic oxidation sites excluding steroid dienone is 1. The van der Waals surface area contributed by atoms with Crippen LogP contribution in [-0.2, 0) is 23.8 Å². The van der Waals surface area contributed by atoms with Gasteiger partial charge in [-0.3, -0.25) is 0 Å². The smallest absolute Gasteiger partial charge is 0.334 e. The second-order valence-electron chi connectivity index (χ2n) is 8.54. The molecule has 0 bridgehead atoms. The first-order valence-electron chi connectivity index (χ1n) is 9.47. The minimum atomic E-state index is -1.52. The molecule has 8 heteroatoms. The van der Waals surface area contributed by atoms with Crippen molar-refractivity contribution in [2.75, 3.05) is 5.88 Å². The van der Waals surface area contributed by atoms with E-state index in [0.29, 0.717) is 5.57 Å². The standard InChI is InChI=1S/C20H25ClO7/c1-5-8(2)17(23)26-10-6-20(25,7-21)12-13(19(4)16(28-19)14(12)22)15-11(10)9(3)18(24)27-15/h5,10-16,22,25H,3,6-7H2,1-2,4H3/b8-5-/t10-,11-,12+,13+,14+,15-,16-,19+,20+/m1/s1. The summed E-state index contributed by atoms with van der Waals surface area (Å²) < 4.78 is 17.0. The molecule has 0 unspecified atom stereocenters. The summed E-state index contributed by atoms with van der Waals surface area (Å²) in [6.45, 7) is 9.03. The van der Waals surface area contributed by atoms with Crippen LogP contribution in [-0.4, -0.2) is 63.6 Å². The van der Waals surface area contributed by atoms with Crippen LogP contribution in [0.5, 0.6) is 0 Å². The van der Waals surface area contributed by atoms with E-state index in [2.05, 4.69) is 6.58 Å². The maximum absolute atomic E-state index is 12.4. The molecule has 0 amide bonds. The zero-order valence-corrected chi connectivity index (χ0v) is 16.8. The van der Waals surface area contributed by atoms with E-state index in [4.69, 9.17) is 25.8 Å². The number of alkyl halides is 1. The largest absolute Gasteiger partial charge is 0.458 e. The summed E-state index contributed by atoms with van der Waals surface area (Å²) in [5, 5.41) is 22.2. The minimum absolute atomic E-state index is 0.0307. The number of aliphatic hydroxyl groups excluding tert-OH is 1. The van der Waals surface area contributed by atoms with Crippen molar-refractivity contribution in [3.05, 3.63) is 23.8 Å². The lowest BCUT2D eigenvalue weighted by Crippen LogP contribution is -2.51. The molecule has 0 aromatic carbocycles. The third-order valence-corrected chi connectivity index (χ3v) is 7.51. The maximum Gasteiger partial charge on any atom is 0.334 e. The van der Waals surface area contributed by atoms with Crippen molar-refractivity contribution in [2.24, 2.45) is 17.8 Å². The fourth-order valence-electron chi connectivity index (χ4n) is 5.41. The average Bonchev–Trinajstić information content (AvgIpc) is 3.21. The van der Waals surface area contributed by atoms with Gasteiger partial charge in [0.1, 0.15) is 23.9 Å². The SMILES string of the molecule is C=C1C(=O)O[C@@H]2[C@H]1[C@H](OC(=O)/C(C)=C\C)C[C@](O)(CCl)[C@@H]1[C@H](O)[C@H]3O[C@@]3(C)[C@H]21. The first kappa shape index (κ1) is 19.9. The number of hydrogen-bond acceptors (Lipinski definition) is 7. The lowest BCUT2D eigenvalue weighted by atomic mass is 9.74. The van der Waals surface area contributed by atoms with Crippen molar-refractivity contribution in [2.45, 2.75) is 62.8 Å². The Morgan fingerprint density at radius 1 is 1.46 bits per heavy atom. The van der Waals surface area contributed by atoms with Gasteiger partial charge in [0.15, 0.2) is 0 Å². The Morgan fingerprint density at radius 3 is 2.75 bits per heavy atom. The Labute approximate surface area is 168 Å². The molecule has 2 aliphatic heterocycles. The predicted molar refractivity (Wildman–Crippen MR) is 98.4 cm³/mol. The number of aliphatic hydroxyl groups is 2. The molecule has 4 fully saturated rings. The fourth-order valence-corrected chi connectivity index (χ4v) is 5.70. The van der Waals surface area contributed by atoms with E-state index in [1.165, 1.54) is 0 Å². The number of carbonyl (C=O) groups is 2. The lowest BCUT2D eigenvalue weighted by Gasteiger charge is -2.39. The zero-order chi connectivity index (χ0) is 20.6. The van der Waals surface area contributed by atoms with Crippen LogP contribution < -0.4 is 0 Å². The molecule has 0 aromatic rings. The monoisotopic (exact) mass is 412 g/mol. The molecule has 0 spiro atoms. The highest BCUT2D eigenvalue weighted by molar-refractivity contribution is 6.18. The van der Waals surface area contributed by atoms with Gasteiger partial charge < -0.3 is 24.4 Å². The van der Waals surface area contributed by atoms with E-state index in [0.717, 1.165) is 0 Å². The number of carbonyl (C=O) groups excluding carboxylic acids is 2. The lowest BCUT2D eigenvalue weighted by molar-refractivity contribution is -0.152. The molecule has 0 aromatic heterocycles. The summed E-state index contributed by atoms with van der Waals surface area (Å²) in [6, 6.07) is 0. The average molecular weight is 413 g/mol. The van der Waals surface area contributed by atoms with E-state index in [1.54, 1.807) is 19.9 Å². The number of esters is 2. The van der Waals surface area contributed by atoms with Crippen LogP contribution in [0.3, 0.4) is 0 Å². The molecule has 2 saturated heterocycles. The maximum atomic E-state index is 12.4. The third-order valence-electron chi connectivity index (χ3n) is 7.05. The van der Waals surface area contributed by atoms with Gasteiger partial charge in [-0.15, -0.1) is 11.6 Å². The first-order valence-corrected chi connectivity index (χ1v) is 10.0. The molecule has 2 saturated carbocycles. The quantitative estimate of drug-likeness (QED) is 0.309. The van der Waals surface area contributed by atoms with Gasteiger partial charge in [0, 0.05) is 29.4 Å². The number of hydrogen-bond donors (Lipinski definition) is 2. The first-order chi connectivity index (χ1) is 13.1. The van der Waals surface area contributed by atoms with Crippen LogP contribution in [0.25, 0.3) is 0 Å². The highest BCUT2D eigenvalue weighted by atomic mass is 35.5. The number of halogens is 1. The molecule has 2 heterocycles. The number of epoxide rings is 1. The van der Waals surface area contributed by atoms with Gasteiger partial charge in [-0.2, -0.15) is 0 Å². The van der Waals surface area contributed by atoms with Crippen LogP contribution in [0.2, 0.25) is 0 Å². The second kappa shape index (κ2) is 6.29. The molecular formula is C20H25ClO7. The summed E-state index contributed by atoms with van der Waals surface area (Å²) in [7, 11) is 0. The Morgan fingerprint density at radius 2 is 2.14 bits per heavy atom. The van der Waals surface area contributed by atoms with Crippen molar-refractivity contribution >= 4 is 23.5 Å². The summed E-state index contributed by atoms with van der Waals surface area (Å²) in [5.74, 6) is -3.07. The van der Waals surface area contributed by atoms with Gasteiger partial charge in [-0.1, -0.05) is 12.7 Å². The summed E-state index contributed by atoms with van der Waals surface area (Å²) in [6.07, 6.45) is -1.41. The Kier molecular flexibility index (Phi) is 4.47. The van der Waals surface area contributed by atoms with Crippen molar-refractivity contribution in [1.29, 1.82) is 0 Å². The summed E-state index contributed by atoms with van der Waals surface area (Å²) in [5.41, 5.74) is -1.66. The summed E-state index contributed by atoms with van der Waals surface area (Å²) >= 11 is 6.16. The van der Waals surface area contributed by atoms with Crippen LogP contribution in [0, 0.1) is 17.8 Å². The highest BCUT2D eigenvalue weighted by Gasteiger charge is 2.78. The normalized spacial score (nSPS) is 49.6. The Bertz CT molecular complexity index is 779. The molecule has 0 radical (unpaired) electrons. The van der Waals surface area contributed by atoms with Gasteiger partial charge >= 0.3 is 11.9 Å². The molecule has 154 valence electrons. The van der Waals surface area contributed by atoms with E-state index in [9.17, 15) is 19.8 Å². The zero-order valence-electron chi connectivity index (χ0n) is 16.1. The molecule has 4 rings (SSSR count). The Balaban J connectivity index is 1.79. The van der Waals surface area contributed by atoms with Gasteiger partial charge in [0.2, 0.25) is 0 Å². The molecule has 9 atom stereocenters. The summed E-state index contributed by atoms with van der Waals surface area (Å²) in [4.78, 5) is 24.8. The van der Waals surface area contributed by atoms with Crippen molar-refractivity contribution in [1.82, 2.24) is 0 Å². The van der Waals surface area contributed by atoms with E-state index < -0.39 is 65.3 Å². The van der Waals surface area contributed by atoms with E-state index in [-0.39, 0.29) is 17.9 Å². The van der Waals surface area contributed by atoms with Gasteiger partial charge in [0.25, 0.3) is 0 Å². The van der Waals surface area contributed by atoms with Crippen molar-refractivity contribution < 1.29 is 34.0 Å². The molecule has 28 heavy (non-hydrogen) atoms. The topological polar surface area (TPSA) is 106 Å². The number of fused-ring (bicyclic) bond motifs is 5. The molecule has 2 aliphatic carbocycles. The molecule has 7 nitrogen and oxygen atoms in total. The third kappa shape index (κ3) is 2.53. The van der Waals surface area contributed by atoms with Gasteiger partial charge in [-0.05, 0) is 20.8 Å². The van der Waals surface area contributed by atoms with Crippen molar-refractivity contribution in [3.63, 3.8) is 0 Å². The molecular weight excluding hydrogens is 388 g/mol. The minimum Gasteiger partial charge on any atom is -0.458 e. The second-order valence-corrected chi connectivity index (χ2v) is 8.81. The number of rotatable bonds is 3. The van der Waals surface area contributed by atoms with Gasteiger partial charge in [-0.25, -0.2) is 9.59 Å². The van der Waals surface area contributed by atoms with Crippen LogP contribution in [0.4, 0.5) is 0 Å². The van der Waals surface area contributed by atoms with Crippen LogP contribution in [0.1, 0.15) is 27.2 Å². The highest BCUT2D eigenvalue weighted by Crippen LogP contribution is 2.64. The van der Waals surface area contributed by atoms with Crippen LogP contribution >= 0.6 is 11.6 Å². The van der Waals surface area contributed by atoms with Crippen LogP contribution in [0.15, 0.2) is 23.8 Å². The number of ether oxygens (including phenoxy) is 3. The fraction of sp³-hybridized carbons (Fsp3) is 0.700. The molecule has 2 N–H and O–H groups in total. The molecule has 4 aliphatic rings. The van der Waals surface area contributed by atoms with E-state index in [1.807, 2.05) is 6.92 Å². The van der Waals surface area contributed by atoms with Crippen molar-refractivity contribution in [3.8, 4) is 0 Å². The predicted octanol–water partition coefficient (Wildman–Crippen LogP) is 1.10.